The minimum atomic E-state index is 0.525. The number of hydrogen-bond donors (Lipinski definition) is 3. The van der Waals surface area contributed by atoms with Crippen molar-refractivity contribution in [1.29, 1.82) is 0 Å². The number of benzene rings is 1. The molecular formula is C22H33N5. The van der Waals surface area contributed by atoms with Gasteiger partial charge in [0.15, 0.2) is 5.96 Å². The topological polar surface area (TPSA) is 55.5 Å². The third kappa shape index (κ3) is 4.46. The van der Waals surface area contributed by atoms with Crippen molar-refractivity contribution < 1.29 is 0 Å². The molecule has 1 atom stereocenters. The van der Waals surface area contributed by atoms with Gasteiger partial charge in [0.05, 0.1) is 0 Å². The van der Waals surface area contributed by atoms with E-state index in [9.17, 15) is 0 Å². The number of nitrogens with one attached hydrogen (secondary N) is 3. The molecule has 27 heavy (non-hydrogen) atoms. The highest BCUT2D eigenvalue weighted by atomic mass is 15.3. The number of aliphatic imine (C=N–C) groups is 1. The monoisotopic (exact) mass is 367 g/mol. The summed E-state index contributed by atoms with van der Waals surface area (Å²) in [5.41, 5.74) is 2.55. The first-order valence-corrected chi connectivity index (χ1v) is 10.7. The molecule has 0 radical (unpaired) electrons. The zero-order valence-corrected chi connectivity index (χ0v) is 16.5. The Labute approximate surface area is 162 Å². The first-order valence-electron chi connectivity index (χ1n) is 10.7. The minimum absolute atomic E-state index is 0.525. The van der Waals surface area contributed by atoms with Crippen LogP contribution in [0, 0.1) is 0 Å². The van der Waals surface area contributed by atoms with Crippen molar-refractivity contribution in [3.63, 3.8) is 0 Å². The molecule has 0 spiro atoms. The van der Waals surface area contributed by atoms with Crippen LogP contribution in [0.3, 0.4) is 0 Å². The maximum absolute atomic E-state index is 4.84. The number of nitrogens with zero attached hydrogens (tertiary/aromatic N) is 2. The van der Waals surface area contributed by atoms with Crippen LogP contribution < -0.4 is 10.6 Å². The van der Waals surface area contributed by atoms with Crippen LogP contribution in [0.25, 0.3) is 10.9 Å². The fraction of sp³-hybridized carbons (Fsp3) is 0.591. The van der Waals surface area contributed by atoms with Gasteiger partial charge < -0.3 is 15.6 Å². The predicted molar refractivity (Wildman–Crippen MR) is 113 cm³/mol. The number of hydrogen-bond acceptors (Lipinski definition) is 2. The van der Waals surface area contributed by atoms with Gasteiger partial charge in [-0.05, 0) is 44.2 Å². The third-order valence-corrected chi connectivity index (χ3v) is 6.07. The molecule has 1 unspecified atom stereocenters. The summed E-state index contributed by atoms with van der Waals surface area (Å²) in [7, 11) is 0. The molecule has 146 valence electrons. The molecule has 1 saturated heterocycles. The van der Waals surface area contributed by atoms with Crippen molar-refractivity contribution in [3.05, 3.63) is 36.0 Å². The van der Waals surface area contributed by atoms with Crippen LogP contribution >= 0.6 is 0 Å². The molecule has 2 heterocycles. The van der Waals surface area contributed by atoms with E-state index in [2.05, 4.69) is 57.9 Å². The summed E-state index contributed by atoms with van der Waals surface area (Å²) in [6, 6.07) is 9.85. The smallest absolute Gasteiger partial charge is 0.191 e. The largest absolute Gasteiger partial charge is 0.361 e. The lowest BCUT2D eigenvalue weighted by Crippen LogP contribution is -2.45. The normalized spacial score (nSPS) is 22.0. The van der Waals surface area contributed by atoms with Crippen LogP contribution in [0.4, 0.5) is 0 Å². The number of aromatic nitrogens is 1. The number of fused-ring (bicyclic) bond motifs is 1. The number of rotatable bonds is 6. The van der Waals surface area contributed by atoms with E-state index in [1.165, 1.54) is 55.1 Å². The molecule has 2 fully saturated rings. The SMILES string of the molecule is CCNC(=NCCc1c[nH]c2ccccc12)NC1CCN(C2CCCC2)C1. The highest BCUT2D eigenvalue weighted by molar-refractivity contribution is 5.83. The Balaban J connectivity index is 1.32. The summed E-state index contributed by atoms with van der Waals surface area (Å²) >= 11 is 0. The summed E-state index contributed by atoms with van der Waals surface area (Å²) in [4.78, 5) is 10.9. The average Bonchev–Trinajstić information content (AvgIpc) is 3.43. The van der Waals surface area contributed by atoms with E-state index in [1.807, 2.05) is 0 Å². The van der Waals surface area contributed by atoms with Crippen molar-refractivity contribution in [1.82, 2.24) is 20.5 Å². The van der Waals surface area contributed by atoms with Gasteiger partial charge in [-0.15, -0.1) is 0 Å². The molecule has 1 saturated carbocycles. The molecule has 0 amide bonds. The van der Waals surface area contributed by atoms with E-state index in [0.717, 1.165) is 38.1 Å². The molecule has 5 nitrogen and oxygen atoms in total. The van der Waals surface area contributed by atoms with Gasteiger partial charge in [0.2, 0.25) is 0 Å². The van der Waals surface area contributed by atoms with Gasteiger partial charge in [-0.3, -0.25) is 9.89 Å². The molecule has 2 aromatic rings. The first kappa shape index (κ1) is 18.4. The second-order valence-electron chi connectivity index (χ2n) is 7.93. The molecule has 5 heteroatoms. The summed E-state index contributed by atoms with van der Waals surface area (Å²) in [6.07, 6.45) is 9.92. The van der Waals surface area contributed by atoms with Crippen LogP contribution in [-0.4, -0.2) is 54.1 Å². The Hall–Kier alpha value is -2.01. The Bertz CT molecular complexity index is 759. The van der Waals surface area contributed by atoms with Crippen LogP contribution in [0.1, 0.15) is 44.6 Å². The molecule has 4 rings (SSSR count). The highest BCUT2D eigenvalue weighted by Crippen LogP contribution is 2.26. The lowest BCUT2D eigenvalue weighted by molar-refractivity contribution is 0.242. The van der Waals surface area contributed by atoms with Gasteiger partial charge in [0.25, 0.3) is 0 Å². The average molecular weight is 368 g/mol. The number of para-hydroxylation sites is 1. The molecule has 3 N–H and O–H groups in total. The zero-order valence-electron chi connectivity index (χ0n) is 16.5. The Morgan fingerprint density at radius 2 is 2.07 bits per heavy atom. The van der Waals surface area contributed by atoms with E-state index in [0.29, 0.717) is 6.04 Å². The van der Waals surface area contributed by atoms with Crippen LogP contribution in [0.15, 0.2) is 35.5 Å². The van der Waals surface area contributed by atoms with E-state index in [4.69, 9.17) is 4.99 Å². The molecular weight excluding hydrogens is 334 g/mol. The maximum atomic E-state index is 4.84. The van der Waals surface area contributed by atoms with Gasteiger partial charge >= 0.3 is 0 Å². The Morgan fingerprint density at radius 1 is 1.22 bits per heavy atom. The van der Waals surface area contributed by atoms with Crippen LogP contribution in [0.2, 0.25) is 0 Å². The molecule has 1 aliphatic carbocycles. The van der Waals surface area contributed by atoms with Gasteiger partial charge in [-0.1, -0.05) is 31.0 Å². The maximum Gasteiger partial charge on any atom is 0.191 e. The summed E-state index contributed by atoms with van der Waals surface area (Å²) in [5, 5.41) is 8.41. The van der Waals surface area contributed by atoms with Crippen molar-refractivity contribution in [2.24, 2.45) is 4.99 Å². The van der Waals surface area contributed by atoms with Crippen molar-refractivity contribution in [2.75, 3.05) is 26.2 Å². The van der Waals surface area contributed by atoms with Crippen molar-refractivity contribution in [3.8, 4) is 0 Å². The molecule has 0 bridgehead atoms. The lowest BCUT2D eigenvalue weighted by Gasteiger charge is -2.24. The number of likely N-dealkylation sites (tertiary alicyclic amines) is 1. The molecule has 1 aliphatic heterocycles. The predicted octanol–water partition coefficient (Wildman–Crippen LogP) is 3.28. The molecule has 1 aromatic carbocycles. The van der Waals surface area contributed by atoms with Gasteiger partial charge in [-0.25, -0.2) is 0 Å². The van der Waals surface area contributed by atoms with Crippen molar-refractivity contribution >= 4 is 16.9 Å². The Morgan fingerprint density at radius 3 is 2.93 bits per heavy atom. The van der Waals surface area contributed by atoms with E-state index in [-0.39, 0.29) is 0 Å². The number of guanidine groups is 1. The van der Waals surface area contributed by atoms with Gasteiger partial charge in [0.1, 0.15) is 0 Å². The van der Waals surface area contributed by atoms with Crippen LogP contribution in [0.5, 0.6) is 0 Å². The first-order chi connectivity index (χ1) is 13.3. The van der Waals surface area contributed by atoms with E-state index >= 15 is 0 Å². The number of aromatic amines is 1. The molecule has 1 aromatic heterocycles. The minimum Gasteiger partial charge on any atom is -0.361 e. The standard InChI is InChI=1S/C22H33N5/c1-2-23-22(26-18-12-14-27(16-18)19-7-3-4-8-19)24-13-11-17-15-25-21-10-6-5-9-20(17)21/h5-6,9-10,15,18-19,25H,2-4,7-8,11-14,16H2,1H3,(H2,23,24,26). The number of H-pyrrole nitrogens is 1. The fourth-order valence-electron chi connectivity index (χ4n) is 4.65. The highest BCUT2D eigenvalue weighted by Gasteiger charge is 2.30. The second-order valence-corrected chi connectivity index (χ2v) is 7.93. The van der Waals surface area contributed by atoms with E-state index in [1.54, 1.807) is 0 Å². The van der Waals surface area contributed by atoms with Gasteiger partial charge in [0, 0.05) is 55.4 Å². The summed E-state index contributed by atoms with van der Waals surface area (Å²) in [5.74, 6) is 0.968. The Kier molecular flexibility index (Phi) is 5.97. The molecule has 2 aliphatic rings. The second kappa shape index (κ2) is 8.79. The van der Waals surface area contributed by atoms with Gasteiger partial charge in [-0.2, -0.15) is 0 Å². The van der Waals surface area contributed by atoms with E-state index < -0.39 is 0 Å². The quantitative estimate of drug-likeness (QED) is 0.542. The fourth-order valence-corrected chi connectivity index (χ4v) is 4.65. The summed E-state index contributed by atoms with van der Waals surface area (Å²) in [6.45, 7) is 6.24. The van der Waals surface area contributed by atoms with Crippen LogP contribution in [-0.2, 0) is 6.42 Å². The third-order valence-electron chi connectivity index (χ3n) is 6.07. The van der Waals surface area contributed by atoms with Crippen molar-refractivity contribution in [2.45, 2.75) is 57.5 Å². The lowest BCUT2D eigenvalue weighted by atomic mass is 10.1. The summed E-state index contributed by atoms with van der Waals surface area (Å²) < 4.78 is 0. The zero-order chi connectivity index (χ0) is 18.5.